The van der Waals surface area contributed by atoms with E-state index >= 15 is 0 Å². The van der Waals surface area contributed by atoms with Crippen molar-refractivity contribution >= 4 is 11.8 Å². The molecule has 0 bridgehead atoms. The van der Waals surface area contributed by atoms with E-state index < -0.39 is 17.8 Å². The Morgan fingerprint density at radius 3 is 2.88 bits per heavy atom. The molecule has 4 aliphatic rings. The Balaban J connectivity index is 1.02. The maximum atomic E-state index is 14.5. The van der Waals surface area contributed by atoms with Gasteiger partial charge in [0.2, 0.25) is 0 Å². The molecular weight excluding hydrogens is 537 g/mol. The zero-order valence-electron chi connectivity index (χ0n) is 24.5. The number of hydrogen-bond acceptors (Lipinski definition) is 7. The van der Waals surface area contributed by atoms with Crippen molar-refractivity contribution in [3.05, 3.63) is 58.5 Å². The lowest BCUT2D eigenvalue weighted by molar-refractivity contribution is -0.143. The van der Waals surface area contributed by atoms with Crippen LogP contribution in [0.5, 0.6) is 0 Å². The number of nitrogens with one attached hydrogen (secondary N) is 1. The number of halogens is 1. The normalized spacial score (nSPS) is 24.7. The lowest BCUT2D eigenvalue weighted by Crippen LogP contribution is -2.39. The van der Waals surface area contributed by atoms with Crippen LogP contribution in [0.15, 0.2) is 30.3 Å². The van der Waals surface area contributed by atoms with E-state index in [1.807, 2.05) is 4.90 Å². The van der Waals surface area contributed by atoms with Crippen molar-refractivity contribution < 1.29 is 28.5 Å². The van der Waals surface area contributed by atoms with Crippen molar-refractivity contribution in [1.82, 2.24) is 9.88 Å². The highest BCUT2D eigenvalue weighted by atomic mass is 19.1. The third-order valence-corrected chi connectivity index (χ3v) is 9.68. The van der Waals surface area contributed by atoms with E-state index in [0.717, 1.165) is 101 Å². The Labute approximate surface area is 247 Å². The molecule has 228 valence electrons. The number of carbonyl (C=O) groups is 1. The van der Waals surface area contributed by atoms with Gasteiger partial charge in [-0.3, -0.25) is 9.69 Å². The lowest BCUT2D eigenvalue weighted by Gasteiger charge is -2.43. The summed E-state index contributed by atoms with van der Waals surface area (Å²) in [7, 11) is 0. The van der Waals surface area contributed by atoms with Crippen LogP contribution in [-0.4, -0.2) is 73.1 Å². The van der Waals surface area contributed by atoms with Gasteiger partial charge < -0.3 is 24.6 Å². The quantitative estimate of drug-likeness (QED) is 0.357. The standard InChI is InChI=1S/C33H44FN3O5/c34-24-7-9-27(29-10-12-33(22-42-29)13-18-40-19-14-33)28(20-24)30(32(38)39)37-16-11-26(21-37)41-17-2-1-5-25-8-6-23-4-3-15-35-31(23)36-25/h6-9,20,26,29-30H,1-5,10-19,21-22H2,(H,35,36)(H,38,39)/t26-,29?,30-/m1/s1. The zero-order chi connectivity index (χ0) is 28.9. The van der Waals surface area contributed by atoms with Gasteiger partial charge in [0.25, 0.3) is 0 Å². The fourth-order valence-corrected chi connectivity index (χ4v) is 7.17. The molecule has 3 atom stereocenters. The van der Waals surface area contributed by atoms with Gasteiger partial charge in [-0.15, -0.1) is 0 Å². The van der Waals surface area contributed by atoms with Crippen LogP contribution in [0.1, 0.15) is 85.9 Å². The van der Waals surface area contributed by atoms with Crippen molar-refractivity contribution in [2.24, 2.45) is 5.41 Å². The molecular formula is C33H44FN3O5. The fourth-order valence-electron chi connectivity index (χ4n) is 7.17. The van der Waals surface area contributed by atoms with Gasteiger partial charge in [0.15, 0.2) is 0 Å². The summed E-state index contributed by atoms with van der Waals surface area (Å²) in [5.41, 5.74) is 3.85. The first-order valence-electron chi connectivity index (χ1n) is 15.8. The van der Waals surface area contributed by atoms with E-state index in [4.69, 9.17) is 19.2 Å². The van der Waals surface area contributed by atoms with E-state index in [1.165, 1.54) is 17.7 Å². The molecule has 6 rings (SSSR count). The SMILES string of the molecule is O=C(O)[C@@H](c1cc(F)ccc1C1CCC2(CCOCC2)CO1)N1CC[C@@H](OCCCCc2ccc3c(n2)NCCC3)C1. The van der Waals surface area contributed by atoms with Crippen LogP contribution in [-0.2, 0) is 31.8 Å². The summed E-state index contributed by atoms with van der Waals surface area (Å²) in [6.07, 6.45) is 9.37. The van der Waals surface area contributed by atoms with Crippen LogP contribution in [0, 0.1) is 11.2 Å². The number of aryl methyl sites for hydroxylation is 2. The monoisotopic (exact) mass is 581 g/mol. The predicted molar refractivity (Wildman–Crippen MR) is 157 cm³/mol. The fraction of sp³-hybridized carbons (Fsp3) is 0.636. The molecule has 2 aromatic rings. The zero-order valence-corrected chi connectivity index (χ0v) is 24.5. The summed E-state index contributed by atoms with van der Waals surface area (Å²) >= 11 is 0. The van der Waals surface area contributed by atoms with Gasteiger partial charge in [0.05, 0.1) is 18.8 Å². The number of carboxylic acid groups (broad SMARTS) is 1. The van der Waals surface area contributed by atoms with Crippen LogP contribution < -0.4 is 5.32 Å². The molecule has 0 aliphatic carbocycles. The highest BCUT2D eigenvalue weighted by Crippen LogP contribution is 2.45. The van der Waals surface area contributed by atoms with Gasteiger partial charge in [-0.2, -0.15) is 0 Å². The van der Waals surface area contributed by atoms with Gasteiger partial charge >= 0.3 is 5.97 Å². The number of unbranched alkanes of at least 4 members (excludes halogenated alkanes) is 1. The number of anilines is 1. The highest BCUT2D eigenvalue weighted by molar-refractivity contribution is 5.76. The van der Waals surface area contributed by atoms with E-state index in [1.54, 1.807) is 6.07 Å². The average Bonchev–Trinajstić information content (AvgIpc) is 3.46. The first-order chi connectivity index (χ1) is 20.5. The van der Waals surface area contributed by atoms with E-state index in [-0.39, 0.29) is 17.6 Å². The minimum atomic E-state index is -0.966. The number of nitrogens with zero attached hydrogens (tertiary/aromatic N) is 2. The van der Waals surface area contributed by atoms with Gasteiger partial charge in [0, 0.05) is 45.1 Å². The lowest BCUT2D eigenvalue weighted by atomic mass is 9.74. The minimum Gasteiger partial charge on any atom is -0.480 e. The molecule has 1 spiro atoms. The van der Waals surface area contributed by atoms with Crippen molar-refractivity contribution in [3.63, 3.8) is 0 Å². The molecule has 1 aromatic heterocycles. The van der Waals surface area contributed by atoms with Crippen LogP contribution >= 0.6 is 0 Å². The summed E-state index contributed by atoms with van der Waals surface area (Å²) in [6.45, 7) is 4.89. The van der Waals surface area contributed by atoms with Crippen LogP contribution in [0.25, 0.3) is 0 Å². The molecule has 3 fully saturated rings. The molecule has 0 radical (unpaired) electrons. The molecule has 4 aliphatic heterocycles. The number of rotatable bonds is 10. The Morgan fingerprint density at radius 2 is 2.07 bits per heavy atom. The summed E-state index contributed by atoms with van der Waals surface area (Å²) in [4.78, 5) is 19.3. The average molecular weight is 582 g/mol. The van der Waals surface area contributed by atoms with Crippen LogP contribution in [0.2, 0.25) is 0 Å². The molecule has 1 unspecified atom stereocenters. The molecule has 2 N–H and O–H groups in total. The number of ether oxygens (including phenoxy) is 3. The third-order valence-electron chi connectivity index (χ3n) is 9.68. The van der Waals surface area contributed by atoms with E-state index in [9.17, 15) is 14.3 Å². The number of fused-ring (bicyclic) bond motifs is 1. The molecule has 3 saturated heterocycles. The minimum absolute atomic E-state index is 0.0331. The molecule has 0 amide bonds. The number of hydrogen-bond donors (Lipinski definition) is 2. The van der Waals surface area contributed by atoms with Gasteiger partial charge in [0.1, 0.15) is 17.7 Å². The van der Waals surface area contributed by atoms with Crippen molar-refractivity contribution in [2.45, 2.75) is 82.5 Å². The summed E-state index contributed by atoms with van der Waals surface area (Å²) in [5.74, 6) is -0.354. The third kappa shape index (κ3) is 6.80. The van der Waals surface area contributed by atoms with Gasteiger partial charge in [-0.1, -0.05) is 12.1 Å². The number of pyridine rings is 1. The molecule has 9 heteroatoms. The highest BCUT2D eigenvalue weighted by Gasteiger charge is 2.41. The molecule has 8 nitrogen and oxygen atoms in total. The van der Waals surface area contributed by atoms with Crippen molar-refractivity contribution in [3.8, 4) is 0 Å². The summed E-state index contributed by atoms with van der Waals surface area (Å²) in [6, 6.07) is 7.94. The van der Waals surface area contributed by atoms with E-state index in [2.05, 4.69) is 17.4 Å². The first kappa shape index (κ1) is 29.5. The van der Waals surface area contributed by atoms with Gasteiger partial charge in [-0.05, 0) is 105 Å². The van der Waals surface area contributed by atoms with Crippen molar-refractivity contribution in [2.75, 3.05) is 51.4 Å². The predicted octanol–water partition coefficient (Wildman–Crippen LogP) is 5.47. The Morgan fingerprint density at radius 1 is 1.19 bits per heavy atom. The summed E-state index contributed by atoms with van der Waals surface area (Å²) in [5, 5.41) is 13.7. The van der Waals surface area contributed by atoms with E-state index in [0.29, 0.717) is 31.9 Å². The number of aromatic nitrogens is 1. The number of carboxylic acids is 1. The van der Waals surface area contributed by atoms with Crippen molar-refractivity contribution in [1.29, 1.82) is 0 Å². The Kier molecular flexibility index (Phi) is 9.38. The number of aliphatic carboxylic acids is 1. The maximum Gasteiger partial charge on any atom is 0.325 e. The molecule has 42 heavy (non-hydrogen) atoms. The first-order valence-corrected chi connectivity index (χ1v) is 15.8. The Bertz CT molecular complexity index is 1230. The molecule has 0 saturated carbocycles. The second-order valence-electron chi connectivity index (χ2n) is 12.5. The smallest absolute Gasteiger partial charge is 0.325 e. The number of likely N-dealkylation sites (tertiary alicyclic amines) is 1. The number of benzene rings is 1. The van der Waals surface area contributed by atoms with Crippen LogP contribution in [0.4, 0.5) is 10.2 Å². The summed E-state index contributed by atoms with van der Waals surface area (Å²) < 4.78 is 32.6. The molecule has 5 heterocycles. The largest absolute Gasteiger partial charge is 0.480 e. The maximum absolute atomic E-state index is 14.5. The van der Waals surface area contributed by atoms with Crippen LogP contribution in [0.3, 0.4) is 0 Å². The van der Waals surface area contributed by atoms with Gasteiger partial charge in [-0.25, -0.2) is 9.37 Å². The second kappa shape index (κ2) is 13.4. The Hall–Kier alpha value is -2.59. The topological polar surface area (TPSA) is 93.2 Å². The molecule has 1 aromatic carbocycles. The second-order valence-corrected chi connectivity index (χ2v) is 12.5.